The van der Waals surface area contributed by atoms with E-state index in [1.54, 1.807) is 0 Å². The van der Waals surface area contributed by atoms with Gasteiger partial charge in [-0.25, -0.2) is 0 Å². The molecule has 1 heterocycles. The molecule has 0 radical (unpaired) electrons. The Morgan fingerprint density at radius 2 is 2.29 bits per heavy atom. The van der Waals surface area contributed by atoms with Gasteiger partial charge >= 0.3 is 0 Å². The normalized spacial score (nSPS) is 26.6. The van der Waals surface area contributed by atoms with E-state index >= 15 is 0 Å². The molecule has 1 aliphatic carbocycles. The van der Waals surface area contributed by atoms with E-state index in [9.17, 15) is 0 Å². The summed E-state index contributed by atoms with van der Waals surface area (Å²) in [5.74, 6) is 2.01. The minimum atomic E-state index is 0.681. The predicted octanol–water partition coefficient (Wildman–Crippen LogP) is 3.61. The summed E-state index contributed by atoms with van der Waals surface area (Å²) in [5, 5.41) is 3.68. The van der Waals surface area contributed by atoms with E-state index < -0.39 is 0 Å². The summed E-state index contributed by atoms with van der Waals surface area (Å²) in [4.78, 5) is 0. The first-order valence-electron chi connectivity index (χ1n) is 6.87. The number of anilines is 1. The fraction of sp³-hybridized carbons (Fsp3) is 0.600. The number of hydrogen-bond donors (Lipinski definition) is 1. The molecule has 1 fully saturated rings. The summed E-state index contributed by atoms with van der Waals surface area (Å²) >= 11 is 0. The SMILES string of the molecule is CCC1CCC(Nc2ccc3c(c2)CCO3)C1. The molecular weight excluding hydrogens is 210 g/mol. The molecule has 0 aromatic heterocycles. The molecule has 0 saturated heterocycles. The van der Waals surface area contributed by atoms with Gasteiger partial charge in [0.05, 0.1) is 6.61 Å². The molecule has 1 aromatic carbocycles. The van der Waals surface area contributed by atoms with Gasteiger partial charge in [0.25, 0.3) is 0 Å². The van der Waals surface area contributed by atoms with Crippen LogP contribution in [0.25, 0.3) is 0 Å². The van der Waals surface area contributed by atoms with Crippen LogP contribution in [0, 0.1) is 5.92 Å². The zero-order valence-electron chi connectivity index (χ0n) is 10.5. The van der Waals surface area contributed by atoms with E-state index in [4.69, 9.17) is 4.74 Å². The van der Waals surface area contributed by atoms with Gasteiger partial charge in [-0.15, -0.1) is 0 Å². The van der Waals surface area contributed by atoms with Gasteiger partial charge in [0.2, 0.25) is 0 Å². The van der Waals surface area contributed by atoms with Crippen LogP contribution in [0.1, 0.15) is 38.2 Å². The molecule has 2 unspecified atom stereocenters. The van der Waals surface area contributed by atoms with Crippen LogP contribution in [0.15, 0.2) is 18.2 Å². The Bertz CT molecular complexity index is 402. The van der Waals surface area contributed by atoms with Crippen LogP contribution in [0.3, 0.4) is 0 Å². The number of benzene rings is 1. The summed E-state index contributed by atoms with van der Waals surface area (Å²) in [5.41, 5.74) is 2.64. The lowest BCUT2D eigenvalue weighted by Gasteiger charge is -2.15. The molecule has 17 heavy (non-hydrogen) atoms. The minimum Gasteiger partial charge on any atom is -0.493 e. The predicted molar refractivity (Wildman–Crippen MR) is 70.7 cm³/mol. The van der Waals surface area contributed by atoms with Crippen LogP contribution in [0.5, 0.6) is 5.75 Å². The van der Waals surface area contributed by atoms with Crippen LogP contribution >= 0.6 is 0 Å². The standard InChI is InChI=1S/C15H21NO/c1-2-11-3-4-13(9-11)16-14-5-6-15-12(10-14)7-8-17-15/h5-6,10-11,13,16H,2-4,7-9H2,1H3. The Morgan fingerprint density at radius 1 is 1.35 bits per heavy atom. The van der Waals surface area contributed by atoms with Gasteiger partial charge in [0.15, 0.2) is 0 Å². The van der Waals surface area contributed by atoms with Crippen LogP contribution in [-0.2, 0) is 6.42 Å². The van der Waals surface area contributed by atoms with Gasteiger partial charge in [0.1, 0.15) is 5.75 Å². The third-order valence-electron chi connectivity index (χ3n) is 4.18. The molecule has 2 nitrogen and oxygen atoms in total. The molecule has 1 aromatic rings. The van der Waals surface area contributed by atoms with Crippen molar-refractivity contribution in [2.24, 2.45) is 5.92 Å². The van der Waals surface area contributed by atoms with Crippen LogP contribution in [0.2, 0.25) is 0 Å². The van der Waals surface area contributed by atoms with Crippen molar-refractivity contribution in [1.82, 2.24) is 0 Å². The summed E-state index contributed by atoms with van der Waals surface area (Å²) in [6.45, 7) is 3.15. The van der Waals surface area contributed by atoms with Crippen LogP contribution in [-0.4, -0.2) is 12.6 Å². The summed E-state index contributed by atoms with van der Waals surface area (Å²) in [6, 6.07) is 7.21. The van der Waals surface area contributed by atoms with E-state index in [0.29, 0.717) is 6.04 Å². The number of nitrogens with one attached hydrogen (secondary N) is 1. The average molecular weight is 231 g/mol. The third-order valence-corrected chi connectivity index (χ3v) is 4.18. The Balaban J connectivity index is 1.65. The molecule has 1 saturated carbocycles. The molecule has 1 aliphatic heterocycles. The molecular formula is C15H21NO. The molecule has 0 spiro atoms. The lowest BCUT2D eigenvalue weighted by molar-refractivity contribution is 0.357. The first kappa shape index (κ1) is 10.9. The summed E-state index contributed by atoms with van der Waals surface area (Å²) in [7, 11) is 0. The van der Waals surface area contributed by atoms with Crippen LogP contribution in [0.4, 0.5) is 5.69 Å². The minimum absolute atomic E-state index is 0.681. The highest BCUT2D eigenvalue weighted by Crippen LogP contribution is 2.32. The number of fused-ring (bicyclic) bond motifs is 1. The first-order chi connectivity index (χ1) is 8.35. The second kappa shape index (κ2) is 4.59. The van der Waals surface area contributed by atoms with Gasteiger partial charge < -0.3 is 10.1 Å². The molecule has 1 N–H and O–H groups in total. The van der Waals surface area contributed by atoms with E-state index in [2.05, 4.69) is 30.4 Å². The number of rotatable bonds is 3. The highest BCUT2D eigenvalue weighted by atomic mass is 16.5. The van der Waals surface area contributed by atoms with Crippen molar-refractivity contribution in [3.8, 4) is 5.75 Å². The van der Waals surface area contributed by atoms with Crippen molar-refractivity contribution < 1.29 is 4.74 Å². The van der Waals surface area contributed by atoms with Crippen molar-refractivity contribution in [2.45, 2.75) is 45.1 Å². The Kier molecular flexibility index (Phi) is 2.96. The number of hydrogen-bond acceptors (Lipinski definition) is 2. The molecule has 92 valence electrons. The van der Waals surface area contributed by atoms with Crippen molar-refractivity contribution in [2.75, 3.05) is 11.9 Å². The van der Waals surface area contributed by atoms with Crippen molar-refractivity contribution in [1.29, 1.82) is 0 Å². The van der Waals surface area contributed by atoms with Crippen LogP contribution < -0.4 is 10.1 Å². The maximum atomic E-state index is 5.53. The highest BCUT2D eigenvalue weighted by molar-refractivity contribution is 5.53. The zero-order chi connectivity index (χ0) is 11.7. The Labute approximate surface area is 103 Å². The maximum absolute atomic E-state index is 5.53. The lowest BCUT2D eigenvalue weighted by Crippen LogP contribution is -2.15. The molecule has 2 aliphatic rings. The van der Waals surface area contributed by atoms with Crippen molar-refractivity contribution >= 4 is 5.69 Å². The number of ether oxygens (including phenoxy) is 1. The fourth-order valence-electron chi connectivity index (χ4n) is 3.09. The summed E-state index contributed by atoms with van der Waals surface area (Å²) < 4.78 is 5.53. The van der Waals surface area contributed by atoms with Gasteiger partial charge in [-0.3, -0.25) is 0 Å². The van der Waals surface area contributed by atoms with Gasteiger partial charge in [-0.05, 0) is 48.9 Å². The topological polar surface area (TPSA) is 21.3 Å². The van der Waals surface area contributed by atoms with E-state index in [-0.39, 0.29) is 0 Å². The average Bonchev–Trinajstić information content (AvgIpc) is 2.96. The van der Waals surface area contributed by atoms with E-state index in [1.807, 2.05) is 0 Å². The van der Waals surface area contributed by atoms with E-state index in [1.165, 1.54) is 36.9 Å². The Hall–Kier alpha value is -1.18. The largest absolute Gasteiger partial charge is 0.493 e. The molecule has 0 bridgehead atoms. The van der Waals surface area contributed by atoms with Gasteiger partial charge in [-0.1, -0.05) is 13.3 Å². The molecule has 2 heteroatoms. The van der Waals surface area contributed by atoms with Gasteiger partial charge in [0, 0.05) is 18.2 Å². The second-order valence-electron chi connectivity index (χ2n) is 5.35. The molecule has 0 amide bonds. The highest BCUT2D eigenvalue weighted by Gasteiger charge is 2.23. The summed E-state index contributed by atoms with van der Waals surface area (Å²) in [6.07, 6.45) is 6.45. The second-order valence-corrected chi connectivity index (χ2v) is 5.35. The van der Waals surface area contributed by atoms with Crippen molar-refractivity contribution in [3.63, 3.8) is 0 Å². The quantitative estimate of drug-likeness (QED) is 0.858. The maximum Gasteiger partial charge on any atom is 0.122 e. The van der Waals surface area contributed by atoms with E-state index in [0.717, 1.165) is 24.7 Å². The Morgan fingerprint density at radius 3 is 3.12 bits per heavy atom. The lowest BCUT2D eigenvalue weighted by atomic mass is 10.1. The zero-order valence-corrected chi connectivity index (χ0v) is 10.5. The third kappa shape index (κ3) is 2.26. The molecule has 2 atom stereocenters. The van der Waals surface area contributed by atoms with Crippen molar-refractivity contribution in [3.05, 3.63) is 23.8 Å². The molecule has 3 rings (SSSR count). The monoisotopic (exact) mass is 231 g/mol. The fourth-order valence-corrected chi connectivity index (χ4v) is 3.09. The smallest absolute Gasteiger partial charge is 0.122 e. The van der Waals surface area contributed by atoms with Gasteiger partial charge in [-0.2, -0.15) is 0 Å². The first-order valence-corrected chi connectivity index (χ1v) is 6.87.